The van der Waals surface area contributed by atoms with Gasteiger partial charge < -0.3 is 0 Å². The molecule has 0 saturated carbocycles. The number of hydrogen-bond donors (Lipinski definition) is 0. The summed E-state index contributed by atoms with van der Waals surface area (Å²) in [5.74, 6) is 0. The van der Waals surface area contributed by atoms with Crippen LogP contribution in [-0.4, -0.2) is 0 Å². The highest BCUT2D eigenvalue weighted by Gasteiger charge is 2.21. The molecule has 0 atom stereocenters. The Morgan fingerprint density at radius 2 is 0.973 bits per heavy atom. The van der Waals surface area contributed by atoms with E-state index in [4.69, 9.17) is 0 Å². The Hall–Kier alpha value is -4.33. The lowest BCUT2D eigenvalue weighted by molar-refractivity contribution is 1.40. The molecule has 0 spiro atoms. The molecule has 1 heterocycles. The van der Waals surface area contributed by atoms with Gasteiger partial charge in [-0.05, 0) is 72.4 Å². The SMILES string of the molecule is c1ccc(-c2c3ccccc3c(-c3ccc4c(c3)Sc3cccc5cccc-4c35)c3ccccc23)cc1. The smallest absolute Gasteiger partial charge is 0.0207 e. The molecule has 0 unspecified atom stereocenters. The lowest BCUT2D eigenvalue weighted by Crippen LogP contribution is -1.94. The Balaban J connectivity index is 1.43. The molecule has 37 heavy (non-hydrogen) atoms. The lowest BCUT2D eigenvalue weighted by atomic mass is 9.85. The van der Waals surface area contributed by atoms with E-state index in [2.05, 4.69) is 133 Å². The molecule has 0 aliphatic carbocycles. The van der Waals surface area contributed by atoms with Crippen LogP contribution in [0.25, 0.3) is 65.7 Å². The Bertz CT molecular complexity index is 1940. The van der Waals surface area contributed by atoms with Crippen molar-refractivity contribution in [2.45, 2.75) is 9.79 Å². The van der Waals surface area contributed by atoms with Gasteiger partial charge in [0, 0.05) is 15.2 Å². The number of rotatable bonds is 2. The first-order valence-electron chi connectivity index (χ1n) is 12.7. The molecule has 1 aliphatic heterocycles. The summed E-state index contributed by atoms with van der Waals surface area (Å²) in [4.78, 5) is 2.66. The van der Waals surface area contributed by atoms with Crippen molar-refractivity contribution in [1.82, 2.24) is 0 Å². The van der Waals surface area contributed by atoms with Crippen molar-refractivity contribution in [3.05, 3.63) is 133 Å². The van der Waals surface area contributed by atoms with Crippen LogP contribution >= 0.6 is 11.8 Å². The Morgan fingerprint density at radius 3 is 1.65 bits per heavy atom. The summed E-state index contributed by atoms with van der Waals surface area (Å²) in [6, 6.07) is 48.9. The van der Waals surface area contributed by atoms with E-state index in [1.807, 2.05) is 11.8 Å². The van der Waals surface area contributed by atoms with E-state index < -0.39 is 0 Å². The van der Waals surface area contributed by atoms with E-state index in [0.29, 0.717) is 0 Å². The third-order valence-electron chi connectivity index (χ3n) is 7.64. The summed E-state index contributed by atoms with van der Waals surface area (Å²) in [6.07, 6.45) is 0. The molecule has 7 aromatic carbocycles. The molecule has 8 rings (SSSR count). The number of hydrogen-bond acceptors (Lipinski definition) is 1. The third-order valence-corrected chi connectivity index (χ3v) is 8.76. The monoisotopic (exact) mass is 486 g/mol. The second-order valence-electron chi connectivity index (χ2n) is 9.68. The van der Waals surface area contributed by atoms with Gasteiger partial charge in [-0.15, -0.1) is 0 Å². The quantitative estimate of drug-likeness (QED) is 0.219. The Morgan fingerprint density at radius 1 is 0.378 bits per heavy atom. The standard InChI is InChI=1S/C36H22S/c1-2-10-23(11-3-1)34-28-14-4-6-16-30(28)35(31-17-7-5-15-29(31)34)25-20-21-26-27-18-8-12-24-13-9-19-32(36(24)27)37-33(26)22-25/h1-22H. The van der Waals surface area contributed by atoms with Gasteiger partial charge in [0.05, 0.1) is 0 Å². The van der Waals surface area contributed by atoms with E-state index in [-0.39, 0.29) is 0 Å². The zero-order valence-electron chi connectivity index (χ0n) is 20.1. The van der Waals surface area contributed by atoms with Gasteiger partial charge in [0.15, 0.2) is 0 Å². The average Bonchev–Trinajstić information content (AvgIpc) is 2.96. The molecule has 0 fully saturated rings. The van der Waals surface area contributed by atoms with Crippen LogP contribution < -0.4 is 0 Å². The van der Waals surface area contributed by atoms with Crippen molar-refractivity contribution >= 4 is 44.1 Å². The highest BCUT2D eigenvalue weighted by Crippen LogP contribution is 2.50. The van der Waals surface area contributed by atoms with Crippen LogP contribution in [0.2, 0.25) is 0 Å². The van der Waals surface area contributed by atoms with Crippen LogP contribution in [-0.2, 0) is 0 Å². The van der Waals surface area contributed by atoms with Crippen LogP contribution in [0, 0.1) is 0 Å². The summed E-state index contributed by atoms with van der Waals surface area (Å²) in [5.41, 5.74) is 7.81. The van der Waals surface area contributed by atoms with E-state index >= 15 is 0 Å². The maximum absolute atomic E-state index is 2.41. The van der Waals surface area contributed by atoms with Crippen LogP contribution in [0.5, 0.6) is 0 Å². The maximum Gasteiger partial charge on any atom is 0.0207 e. The summed E-state index contributed by atoms with van der Waals surface area (Å²) < 4.78 is 0. The first-order valence-corrected chi connectivity index (χ1v) is 13.5. The second-order valence-corrected chi connectivity index (χ2v) is 10.8. The van der Waals surface area contributed by atoms with Crippen LogP contribution in [0.4, 0.5) is 0 Å². The minimum atomic E-state index is 1.26. The highest BCUT2D eigenvalue weighted by molar-refractivity contribution is 7.99. The van der Waals surface area contributed by atoms with E-state index in [1.54, 1.807) is 0 Å². The molecule has 0 N–H and O–H groups in total. The normalized spacial score (nSPS) is 12.2. The van der Waals surface area contributed by atoms with Crippen molar-refractivity contribution in [1.29, 1.82) is 0 Å². The van der Waals surface area contributed by atoms with Gasteiger partial charge in [-0.1, -0.05) is 133 Å². The summed E-state index contributed by atoms with van der Waals surface area (Å²) in [7, 11) is 0. The summed E-state index contributed by atoms with van der Waals surface area (Å²) in [5, 5.41) is 7.86. The van der Waals surface area contributed by atoms with Crippen LogP contribution in [0.15, 0.2) is 143 Å². The number of benzene rings is 7. The molecular weight excluding hydrogens is 464 g/mol. The molecule has 1 heteroatoms. The van der Waals surface area contributed by atoms with Crippen LogP contribution in [0.1, 0.15) is 0 Å². The van der Waals surface area contributed by atoms with E-state index in [0.717, 1.165) is 0 Å². The first-order chi connectivity index (χ1) is 18.4. The van der Waals surface area contributed by atoms with Gasteiger partial charge >= 0.3 is 0 Å². The van der Waals surface area contributed by atoms with Gasteiger partial charge in [0.2, 0.25) is 0 Å². The molecule has 1 aliphatic rings. The predicted octanol–water partition coefficient (Wildman–Crippen LogP) is 10.6. The molecule has 0 saturated heterocycles. The minimum Gasteiger partial charge on any atom is -0.0888 e. The van der Waals surface area contributed by atoms with Crippen LogP contribution in [0.3, 0.4) is 0 Å². The summed E-state index contributed by atoms with van der Waals surface area (Å²) in [6.45, 7) is 0. The van der Waals surface area contributed by atoms with Gasteiger partial charge in [-0.2, -0.15) is 0 Å². The van der Waals surface area contributed by atoms with Gasteiger partial charge in [-0.3, -0.25) is 0 Å². The fourth-order valence-electron chi connectivity index (χ4n) is 6.07. The third kappa shape index (κ3) is 3.11. The molecule has 7 aromatic rings. The fourth-order valence-corrected chi connectivity index (χ4v) is 7.26. The fraction of sp³-hybridized carbons (Fsp3) is 0. The lowest BCUT2D eigenvalue weighted by Gasteiger charge is -2.22. The molecule has 172 valence electrons. The van der Waals surface area contributed by atoms with Crippen molar-refractivity contribution < 1.29 is 0 Å². The topological polar surface area (TPSA) is 0 Å². The van der Waals surface area contributed by atoms with Gasteiger partial charge in [-0.25, -0.2) is 0 Å². The molecule has 0 aromatic heterocycles. The van der Waals surface area contributed by atoms with Crippen molar-refractivity contribution in [2.75, 3.05) is 0 Å². The van der Waals surface area contributed by atoms with Gasteiger partial charge in [0.1, 0.15) is 0 Å². The zero-order chi connectivity index (χ0) is 24.3. The summed E-state index contributed by atoms with van der Waals surface area (Å²) >= 11 is 1.89. The molecule has 0 bridgehead atoms. The number of fused-ring (bicyclic) bond motifs is 4. The Labute approximate surface area is 220 Å². The second kappa shape index (κ2) is 8.09. The highest BCUT2D eigenvalue weighted by atomic mass is 32.2. The van der Waals surface area contributed by atoms with Gasteiger partial charge in [0.25, 0.3) is 0 Å². The molecular formula is C36H22S. The molecule has 0 nitrogen and oxygen atoms in total. The van der Waals surface area contributed by atoms with Crippen molar-refractivity contribution in [3.63, 3.8) is 0 Å². The zero-order valence-corrected chi connectivity index (χ0v) is 20.9. The van der Waals surface area contributed by atoms with Crippen molar-refractivity contribution in [2.24, 2.45) is 0 Å². The molecule has 0 radical (unpaired) electrons. The maximum atomic E-state index is 2.41. The Kier molecular flexibility index (Phi) is 4.55. The predicted molar refractivity (Wildman–Crippen MR) is 159 cm³/mol. The molecule has 0 amide bonds. The van der Waals surface area contributed by atoms with E-state index in [9.17, 15) is 0 Å². The minimum absolute atomic E-state index is 1.26. The van der Waals surface area contributed by atoms with Crippen molar-refractivity contribution in [3.8, 4) is 33.4 Å². The largest absolute Gasteiger partial charge is 0.0888 e. The first kappa shape index (κ1) is 20.8. The van der Waals surface area contributed by atoms with E-state index in [1.165, 1.54) is 75.5 Å². The average molecular weight is 487 g/mol.